The van der Waals surface area contributed by atoms with Gasteiger partial charge in [0.2, 0.25) is 5.91 Å². The summed E-state index contributed by atoms with van der Waals surface area (Å²) in [6.07, 6.45) is 0.303. The van der Waals surface area contributed by atoms with Gasteiger partial charge in [-0.25, -0.2) is 0 Å². The fourth-order valence-electron chi connectivity index (χ4n) is 1.42. The van der Waals surface area contributed by atoms with Gasteiger partial charge in [-0.1, -0.05) is 30.3 Å². The molecule has 0 atom stereocenters. The third-order valence-corrected chi connectivity index (χ3v) is 2.75. The molecule has 1 N–H and O–H groups in total. The Bertz CT molecular complexity index is 443. The summed E-state index contributed by atoms with van der Waals surface area (Å²) < 4.78 is 5.58. The Balaban J connectivity index is 2.35. The minimum absolute atomic E-state index is 0.0953. The first kappa shape index (κ1) is 14.6. The Morgan fingerprint density at radius 3 is 2.83 bits per heavy atom. The Morgan fingerprint density at radius 1 is 1.44 bits per heavy atom. The zero-order chi connectivity index (χ0) is 13.5. The van der Waals surface area contributed by atoms with Crippen molar-refractivity contribution < 1.29 is 9.53 Å². The second-order valence-electron chi connectivity index (χ2n) is 4.09. The number of benzene rings is 1. The van der Waals surface area contributed by atoms with Gasteiger partial charge in [-0.3, -0.25) is 4.79 Å². The monoisotopic (exact) mass is 267 g/mol. The van der Waals surface area contributed by atoms with Crippen LogP contribution in [0, 0.1) is 13.8 Å². The Morgan fingerprint density at radius 2 is 2.17 bits per heavy atom. The largest absolute Gasteiger partial charge is 0.493 e. The van der Waals surface area contributed by atoms with E-state index in [-0.39, 0.29) is 5.91 Å². The molecule has 1 aromatic rings. The van der Waals surface area contributed by atoms with Gasteiger partial charge >= 0.3 is 0 Å². The highest BCUT2D eigenvalue weighted by atomic mass is 35.5. The number of aryl methyl sites for hydroxylation is 1. The van der Waals surface area contributed by atoms with Crippen LogP contribution in [-0.2, 0) is 4.79 Å². The summed E-state index contributed by atoms with van der Waals surface area (Å²) in [5.74, 6) is 0.728. The van der Waals surface area contributed by atoms with Gasteiger partial charge in [0.1, 0.15) is 5.75 Å². The molecule has 18 heavy (non-hydrogen) atoms. The van der Waals surface area contributed by atoms with E-state index in [1.807, 2.05) is 32.0 Å². The number of ether oxygens (including phenoxy) is 1. The van der Waals surface area contributed by atoms with E-state index in [2.05, 4.69) is 11.9 Å². The highest BCUT2D eigenvalue weighted by Gasteiger charge is 2.04. The molecule has 0 unspecified atom stereocenters. The fraction of sp³-hybridized carbons (Fsp3) is 0.357. The normalized spacial score (nSPS) is 9.94. The molecule has 1 aromatic carbocycles. The van der Waals surface area contributed by atoms with Crippen LogP contribution >= 0.6 is 11.6 Å². The Labute approximate surface area is 113 Å². The zero-order valence-corrected chi connectivity index (χ0v) is 11.5. The van der Waals surface area contributed by atoms with Gasteiger partial charge in [0.25, 0.3) is 0 Å². The average molecular weight is 268 g/mol. The second-order valence-corrected chi connectivity index (χ2v) is 4.63. The first-order chi connectivity index (χ1) is 8.50. The molecule has 0 fully saturated rings. The lowest BCUT2D eigenvalue weighted by atomic mass is 10.1. The Hall–Kier alpha value is -1.48. The molecule has 0 heterocycles. The number of carbonyl (C=O) groups excluding carboxylic acids is 1. The second kappa shape index (κ2) is 7.07. The molecule has 98 valence electrons. The topological polar surface area (TPSA) is 38.3 Å². The summed E-state index contributed by atoms with van der Waals surface area (Å²) >= 11 is 5.55. The van der Waals surface area contributed by atoms with Crippen molar-refractivity contribution in [3.05, 3.63) is 40.9 Å². The molecule has 0 aliphatic rings. The predicted molar refractivity (Wildman–Crippen MR) is 74.0 cm³/mol. The zero-order valence-electron chi connectivity index (χ0n) is 10.8. The van der Waals surface area contributed by atoms with Crippen LogP contribution < -0.4 is 10.1 Å². The molecule has 3 nitrogen and oxygen atoms in total. The number of nitrogens with one attached hydrogen (secondary N) is 1. The quantitative estimate of drug-likeness (QED) is 0.861. The summed E-state index contributed by atoms with van der Waals surface area (Å²) in [5.41, 5.74) is 2.28. The van der Waals surface area contributed by atoms with Crippen molar-refractivity contribution in [1.29, 1.82) is 0 Å². The van der Waals surface area contributed by atoms with Crippen molar-refractivity contribution in [2.45, 2.75) is 20.3 Å². The highest BCUT2D eigenvalue weighted by molar-refractivity contribution is 6.29. The van der Waals surface area contributed by atoms with Crippen LogP contribution in [0.1, 0.15) is 17.5 Å². The van der Waals surface area contributed by atoms with Gasteiger partial charge in [0.05, 0.1) is 19.6 Å². The van der Waals surface area contributed by atoms with Crippen molar-refractivity contribution >= 4 is 17.5 Å². The predicted octanol–water partition coefficient (Wildman–Crippen LogP) is 2.94. The van der Waals surface area contributed by atoms with Crippen molar-refractivity contribution in [3.8, 4) is 5.75 Å². The van der Waals surface area contributed by atoms with E-state index in [1.165, 1.54) is 5.56 Å². The molecular formula is C14H18ClNO2. The molecular weight excluding hydrogens is 250 g/mol. The van der Waals surface area contributed by atoms with Gasteiger partial charge in [0.15, 0.2) is 0 Å². The van der Waals surface area contributed by atoms with Crippen molar-refractivity contribution in [2.24, 2.45) is 0 Å². The maximum Gasteiger partial charge on any atom is 0.223 e. The molecule has 0 aliphatic carbocycles. The molecule has 4 heteroatoms. The first-order valence-corrected chi connectivity index (χ1v) is 6.17. The van der Waals surface area contributed by atoms with Crippen LogP contribution in [0.3, 0.4) is 0 Å². The number of amides is 1. The van der Waals surface area contributed by atoms with Crippen LogP contribution in [0.25, 0.3) is 0 Å². The minimum Gasteiger partial charge on any atom is -0.493 e. The third-order valence-electron chi connectivity index (χ3n) is 2.62. The summed E-state index contributed by atoms with van der Waals surface area (Å²) in [7, 11) is 0. The number of hydrogen-bond donors (Lipinski definition) is 1. The van der Waals surface area contributed by atoms with E-state index < -0.39 is 0 Å². The van der Waals surface area contributed by atoms with Gasteiger partial charge < -0.3 is 10.1 Å². The summed E-state index contributed by atoms with van der Waals surface area (Å²) in [4.78, 5) is 11.4. The standard InChI is InChI=1S/C14H18ClNO2/c1-10-5-4-6-13(12(10)3)18-8-7-14(17)16-9-11(2)15/h4-6H,2,7-9H2,1,3H3,(H,16,17). The van der Waals surface area contributed by atoms with Crippen LogP contribution in [0.15, 0.2) is 29.8 Å². The maximum atomic E-state index is 11.4. The maximum absolute atomic E-state index is 11.4. The van der Waals surface area contributed by atoms with E-state index >= 15 is 0 Å². The summed E-state index contributed by atoms with van der Waals surface area (Å²) in [6, 6.07) is 5.87. The van der Waals surface area contributed by atoms with E-state index in [0.29, 0.717) is 24.6 Å². The van der Waals surface area contributed by atoms with E-state index in [1.54, 1.807) is 0 Å². The van der Waals surface area contributed by atoms with Crippen molar-refractivity contribution in [3.63, 3.8) is 0 Å². The molecule has 0 spiro atoms. The molecule has 0 bridgehead atoms. The summed E-state index contributed by atoms with van der Waals surface area (Å²) in [6.45, 7) is 8.17. The van der Waals surface area contributed by atoms with Gasteiger partial charge in [0, 0.05) is 5.03 Å². The third kappa shape index (κ3) is 4.80. The minimum atomic E-state index is -0.0953. The number of hydrogen-bond acceptors (Lipinski definition) is 2. The molecule has 1 amide bonds. The smallest absolute Gasteiger partial charge is 0.223 e. The van der Waals surface area contributed by atoms with Gasteiger partial charge in [-0.15, -0.1) is 0 Å². The summed E-state index contributed by atoms with van der Waals surface area (Å²) in [5, 5.41) is 3.06. The molecule has 1 rings (SSSR count). The molecule has 0 aromatic heterocycles. The van der Waals surface area contributed by atoms with E-state index in [9.17, 15) is 4.79 Å². The fourth-order valence-corrected chi connectivity index (χ4v) is 1.48. The van der Waals surface area contributed by atoms with E-state index in [4.69, 9.17) is 16.3 Å². The first-order valence-electron chi connectivity index (χ1n) is 5.79. The lowest BCUT2D eigenvalue weighted by Crippen LogP contribution is -2.25. The molecule has 0 saturated carbocycles. The molecule has 0 aliphatic heterocycles. The van der Waals surface area contributed by atoms with Gasteiger partial charge in [-0.2, -0.15) is 0 Å². The van der Waals surface area contributed by atoms with Crippen molar-refractivity contribution in [1.82, 2.24) is 5.32 Å². The SMILES string of the molecule is C=C(Cl)CNC(=O)CCOc1cccc(C)c1C. The van der Waals surface area contributed by atoms with Crippen LogP contribution in [0.5, 0.6) is 5.75 Å². The van der Waals surface area contributed by atoms with Crippen LogP contribution in [0.4, 0.5) is 0 Å². The molecule has 0 radical (unpaired) electrons. The lowest BCUT2D eigenvalue weighted by molar-refractivity contribution is -0.121. The van der Waals surface area contributed by atoms with Crippen molar-refractivity contribution in [2.75, 3.05) is 13.2 Å². The Kier molecular flexibility index (Phi) is 5.72. The van der Waals surface area contributed by atoms with Gasteiger partial charge in [-0.05, 0) is 31.0 Å². The number of rotatable bonds is 6. The number of carbonyl (C=O) groups is 1. The average Bonchev–Trinajstić information content (AvgIpc) is 2.32. The van der Waals surface area contributed by atoms with Crippen LogP contribution in [0.2, 0.25) is 0 Å². The molecule has 0 saturated heterocycles. The van der Waals surface area contributed by atoms with Crippen LogP contribution in [-0.4, -0.2) is 19.1 Å². The lowest BCUT2D eigenvalue weighted by Gasteiger charge is -2.10. The highest BCUT2D eigenvalue weighted by Crippen LogP contribution is 2.20. The number of halogens is 1. The van der Waals surface area contributed by atoms with E-state index in [0.717, 1.165) is 11.3 Å².